The number of likely N-dealkylation sites (N-methyl/N-ethyl adjacent to an activating group) is 1. The van der Waals surface area contributed by atoms with Gasteiger partial charge in [0, 0.05) is 25.6 Å². The molecule has 5 nitrogen and oxygen atoms in total. The maximum Gasteiger partial charge on any atom is 0.310 e. The van der Waals surface area contributed by atoms with Gasteiger partial charge in [0.25, 0.3) is 0 Å². The summed E-state index contributed by atoms with van der Waals surface area (Å²) < 4.78 is 11.8. The number of hydrogen-bond acceptors (Lipinski definition) is 5. The zero-order valence-electron chi connectivity index (χ0n) is 15.3. The summed E-state index contributed by atoms with van der Waals surface area (Å²) in [5.74, 6) is 1.04. The van der Waals surface area contributed by atoms with Crippen LogP contribution in [-0.4, -0.2) is 62.9 Å². The van der Waals surface area contributed by atoms with Crippen LogP contribution in [0.3, 0.4) is 0 Å². The molecule has 6 atom stereocenters. The van der Waals surface area contributed by atoms with E-state index in [1.165, 1.54) is 19.3 Å². The van der Waals surface area contributed by atoms with Gasteiger partial charge < -0.3 is 19.7 Å². The van der Waals surface area contributed by atoms with Crippen molar-refractivity contribution >= 4 is 5.97 Å². The zero-order valence-corrected chi connectivity index (χ0v) is 15.3. The van der Waals surface area contributed by atoms with Gasteiger partial charge in [-0.3, -0.25) is 4.79 Å². The number of nitrogens with zero attached hydrogens (tertiary/aromatic N) is 1. The molecule has 0 aromatic heterocycles. The SMILES string of the molecule is CN(C)CCNCC1C(=O)O[C@@H]2C[C@@]3(C)CCC[C@]4(CO4)[C@@H]3C[C@H]12. The average Bonchev–Trinajstić information content (AvgIpc) is 3.20. The third kappa shape index (κ3) is 2.78. The molecule has 0 radical (unpaired) electrons. The first-order valence-corrected chi connectivity index (χ1v) is 9.63. The van der Waals surface area contributed by atoms with Crippen molar-refractivity contribution in [3.8, 4) is 0 Å². The smallest absolute Gasteiger partial charge is 0.310 e. The van der Waals surface area contributed by atoms with Crippen LogP contribution in [0.5, 0.6) is 0 Å². The van der Waals surface area contributed by atoms with E-state index < -0.39 is 0 Å². The van der Waals surface area contributed by atoms with Crippen LogP contribution in [0.4, 0.5) is 0 Å². The molecule has 2 aliphatic heterocycles. The van der Waals surface area contributed by atoms with Gasteiger partial charge in [0.15, 0.2) is 0 Å². The Bertz CT molecular complexity index is 505. The van der Waals surface area contributed by atoms with Gasteiger partial charge in [-0.15, -0.1) is 0 Å². The molecule has 5 heteroatoms. The molecule has 1 unspecified atom stereocenters. The lowest BCUT2D eigenvalue weighted by Crippen LogP contribution is -2.51. The predicted octanol–water partition coefficient (Wildman–Crippen LogP) is 1.66. The van der Waals surface area contributed by atoms with Gasteiger partial charge in [-0.2, -0.15) is 0 Å². The molecular formula is C19H32N2O3. The topological polar surface area (TPSA) is 54.1 Å². The molecule has 1 spiro atoms. The average molecular weight is 336 g/mol. The second-order valence-corrected chi connectivity index (χ2v) is 9.11. The van der Waals surface area contributed by atoms with E-state index in [4.69, 9.17) is 9.47 Å². The Morgan fingerprint density at radius 3 is 2.83 bits per heavy atom. The van der Waals surface area contributed by atoms with Crippen molar-refractivity contribution in [1.82, 2.24) is 10.2 Å². The van der Waals surface area contributed by atoms with Crippen molar-refractivity contribution in [3.05, 3.63) is 0 Å². The Morgan fingerprint density at radius 1 is 1.33 bits per heavy atom. The lowest BCUT2D eigenvalue weighted by Gasteiger charge is -2.51. The van der Waals surface area contributed by atoms with E-state index in [1.807, 2.05) is 0 Å². The standard InChI is InChI=1S/C19H32N2O3/c1-18-5-4-6-19(12-23-19)16(18)9-13-14(11-20-7-8-21(2)3)17(22)24-15(13)10-18/h13-16,20H,4-12H2,1-3H3/t13-,14?,15-,16-,18-,19+/m1/s1. The molecule has 2 saturated heterocycles. The van der Waals surface area contributed by atoms with Crippen LogP contribution in [-0.2, 0) is 14.3 Å². The van der Waals surface area contributed by atoms with Gasteiger partial charge in [0.1, 0.15) is 6.10 Å². The minimum Gasteiger partial charge on any atom is -0.462 e. The molecule has 0 bridgehead atoms. The van der Waals surface area contributed by atoms with Gasteiger partial charge in [0.05, 0.1) is 18.1 Å². The molecule has 2 aliphatic carbocycles. The first-order chi connectivity index (χ1) is 11.4. The highest BCUT2D eigenvalue weighted by molar-refractivity contribution is 5.75. The Kier molecular flexibility index (Phi) is 4.17. The minimum atomic E-state index is 0.0235. The number of carbonyl (C=O) groups excluding carboxylic acids is 1. The predicted molar refractivity (Wildman–Crippen MR) is 91.6 cm³/mol. The summed E-state index contributed by atoms with van der Waals surface area (Å²) in [6.07, 6.45) is 6.00. The van der Waals surface area contributed by atoms with Crippen LogP contribution < -0.4 is 5.32 Å². The summed E-state index contributed by atoms with van der Waals surface area (Å²) in [5, 5.41) is 3.47. The molecule has 4 aliphatic rings. The second-order valence-electron chi connectivity index (χ2n) is 9.11. The molecular weight excluding hydrogens is 304 g/mol. The van der Waals surface area contributed by atoms with Gasteiger partial charge in [0.2, 0.25) is 0 Å². The van der Waals surface area contributed by atoms with Crippen molar-refractivity contribution in [3.63, 3.8) is 0 Å². The van der Waals surface area contributed by atoms with E-state index in [2.05, 4.69) is 31.2 Å². The zero-order chi connectivity index (χ0) is 16.9. The van der Waals surface area contributed by atoms with Crippen molar-refractivity contribution in [1.29, 1.82) is 0 Å². The maximum atomic E-state index is 12.5. The van der Waals surface area contributed by atoms with Gasteiger partial charge in [-0.25, -0.2) is 0 Å². The van der Waals surface area contributed by atoms with E-state index in [-0.39, 0.29) is 23.6 Å². The molecule has 2 heterocycles. The van der Waals surface area contributed by atoms with Crippen LogP contribution in [0.15, 0.2) is 0 Å². The van der Waals surface area contributed by atoms with Crippen molar-refractivity contribution in [2.24, 2.45) is 23.2 Å². The number of nitrogens with one attached hydrogen (secondary N) is 1. The van der Waals surface area contributed by atoms with E-state index in [9.17, 15) is 4.79 Å². The number of fused-ring (bicyclic) bond motifs is 3. The molecule has 2 saturated carbocycles. The fourth-order valence-electron chi connectivity index (χ4n) is 5.75. The highest BCUT2D eigenvalue weighted by Gasteiger charge is 2.64. The van der Waals surface area contributed by atoms with Crippen LogP contribution in [0, 0.1) is 23.2 Å². The second kappa shape index (κ2) is 5.96. The highest BCUT2D eigenvalue weighted by Crippen LogP contribution is 2.62. The molecule has 4 rings (SSSR count). The third-order valence-electron chi connectivity index (χ3n) is 7.18. The molecule has 24 heavy (non-hydrogen) atoms. The van der Waals surface area contributed by atoms with Crippen LogP contribution >= 0.6 is 0 Å². The molecule has 136 valence electrons. The first-order valence-electron chi connectivity index (χ1n) is 9.63. The Labute approximate surface area is 145 Å². The molecule has 0 aromatic carbocycles. The van der Waals surface area contributed by atoms with E-state index in [0.29, 0.717) is 17.3 Å². The lowest BCUT2D eigenvalue weighted by atomic mass is 9.53. The monoisotopic (exact) mass is 336 g/mol. The number of ether oxygens (including phenoxy) is 2. The maximum absolute atomic E-state index is 12.5. The third-order valence-corrected chi connectivity index (χ3v) is 7.18. The number of epoxide rings is 1. The number of carbonyl (C=O) groups is 1. The quantitative estimate of drug-likeness (QED) is 0.470. The fourth-order valence-corrected chi connectivity index (χ4v) is 5.75. The van der Waals surface area contributed by atoms with Crippen molar-refractivity contribution in [2.45, 2.75) is 50.7 Å². The van der Waals surface area contributed by atoms with E-state index in [0.717, 1.165) is 39.1 Å². The van der Waals surface area contributed by atoms with Gasteiger partial charge in [-0.05, 0) is 57.5 Å². The lowest BCUT2D eigenvalue weighted by molar-refractivity contribution is -0.147. The van der Waals surface area contributed by atoms with E-state index in [1.54, 1.807) is 0 Å². The van der Waals surface area contributed by atoms with Crippen LogP contribution in [0.25, 0.3) is 0 Å². The van der Waals surface area contributed by atoms with Crippen LogP contribution in [0.2, 0.25) is 0 Å². The van der Waals surface area contributed by atoms with Crippen molar-refractivity contribution in [2.75, 3.05) is 40.3 Å². The largest absolute Gasteiger partial charge is 0.462 e. The summed E-state index contributed by atoms with van der Waals surface area (Å²) in [6.45, 7) is 6.01. The highest BCUT2D eigenvalue weighted by atomic mass is 16.6. The molecule has 0 amide bonds. The first kappa shape index (κ1) is 16.8. The Hall–Kier alpha value is -0.650. The van der Waals surface area contributed by atoms with Crippen molar-refractivity contribution < 1.29 is 14.3 Å². The molecule has 1 N–H and O–H groups in total. The summed E-state index contributed by atoms with van der Waals surface area (Å²) >= 11 is 0. The number of rotatable bonds is 5. The van der Waals surface area contributed by atoms with Gasteiger partial charge in [-0.1, -0.05) is 6.92 Å². The summed E-state index contributed by atoms with van der Waals surface area (Å²) in [5.41, 5.74) is 0.440. The number of esters is 1. The molecule has 4 fully saturated rings. The Morgan fingerprint density at radius 2 is 2.12 bits per heavy atom. The summed E-state index contributed by atoms with van der Waals surface area (Å²) in [7, 11) is 4.14. The fraction of sp³-hybridized carbons (Fsp3) is 0.947. The summed E-state index contributed by atoms with van der Waals surface area (Å²) in [4.78, 5) is 14.6. The minimum absolute atomic E-state index is 0.0235. The van der Waals surface area contributed by atoms with Crippen LogP contribution in [0.1, 0.15) is 39.0 Å². The normalized spacial score (nSPS) is 46.8. The van der Waals surface area contributed by atoms with E-state index >= 15 is 0 Å². The summed E-state index contributed by atoms with van der Waals surface area (Å²) in [6, 6.07) is 0. The van der Waals surface area contributed by atoms with Gasteiger partial charge >= 0.3 is 5.97 Å². The number of hydrogen-bond donors (Lipinski definition) is 1. The molecule has 0 aromatic rings. The Balaban J connectivity index is 1.43.